The van der Waals surface area contributed by atoms with Crippen LogP contribution in [-0.2, 0) is 17.5 Å². The third kappa shape index (κ3) is 6.12. The minimum Gasteiger partial charge on any atom is -0.354 e. The van der Waals surface area contributed by atoms with Crippen molar-refractivity contribution in [2.75, 3.05) is 6.54 Å². The highest BCUT2D eigenvalue weighted by Crippen LogP contribution is 2.31. The molecule has 0 aliphatic carbocycles. The van der Waals surface area contributed by atoms with Crippen LogP contribution < -0.4 is 10.6 Å². The summed E-state index contributed by atoms with van der Waals surface area (Å²) in [4.78, 5) is 11.3. The van der Waals surface area contributed by atoms with Gasteiger partial charge >= 0.3 is 6.18 Å². The van der Waals surface area contributed by atoms with Gasteiger partial charge in [0.1, 0.15) is 5.82 Å². The number of carbonyl (C=O) groups excluding carboxylic acids is 1. The first kappa shape index (κ1) is 17.4. The van der Waals surface area contributed by atoms with E-state index in [0.717, 1.165) is 12.1 Å². The number of nitrogens with one attached hydrogen (secondary N) is 2. The van der Waals surface area contributed by atoms with Gasteiger partial charge in [-0.05, 0) is 31.5 Å². The Bertz CT molecular complexity index is 486. The van der Waals surface area contributed by atoms with Gasteiger partial charge < -0.3 is 10.6 Å². The van der Waals surface area contributed by atoms with Crippen LogP contribution >= 0.6 is 0 Å². The van der Waals surface area contributed by atoms with E-state index in [1.54, 1.807) is 0 Å². The van der Waals surface area contributed by atoms with Gasteiger partial charge in [-0.2, -0.15) is 13.2 Å². The Kier molecular flexibility index (Phi) is 6.14. The summed E-state index contributed by atoms with van der Waals surface area (Å²) in [6, 6.07) is 2.90. The van der Waals surface area contributed by atoms with Crippen molar-refractivity contribution >= 4 is 5.91 Å². The van der Waals surface area contributed by atoms with Crippen LogP contribution in [-0.4, -0.2) is 18.5 Å². The van der Waals surface area contributed by atoms with Crippen LogP contribution in [0.2, 0.25) is 0 Å². The van der Waals surface area contributed by atoms with Gasteiger partial charge in [0.15, 0.2) is 0 Å². The molecule has 0 aromatic heterocycles. The largest absolute Gasteiger partial charge is 0.419 e. The van der Waals surface area contributed by atoms with E-state index in [0.29, 0.717) is 12.1 Å². The molecule has 2 N–H and O–H groups in total. The predicted molar refractivity (Wildman–Crippen MR) is 71.0 cm³/mol. The number of carbonyl (C=O) groups is 1. The number of halogens is 4. The average Bonchev–Trinajstić information content (AvgIpc) is 2.34. The fraction of sp³-hybridized carbons (Fsp3) is 0.500. The van der Waals surface area contributed by atoms with Gasteiger partial charge in [-0.1, -0.05) is 6.07 Å². The van der Waals surface area contributed by atoms with Crippen LogP contribution in [0.4, 0.5) is 17.6 Å². The zero-order valence-corrected chi connectivity index (χ0v) is 11.9. The Morgan fingerprint density at radius 2 is 1.95 bits per heavy atom. The summed E-state index contributed by atoms with van der Waals surface area (Å²) in [5.41, 5.74) is -0.965. The number of rotatable bonds is 6. The van der Waals surface area contributed by atoms with Gasteiger partial charge in [0, 0.05) is 25.6 Å². The third-order valence-corrected chi connectivity index (χ3v) is 2.64. The number of amides is 1. The fourth-order valence-electron chi connectivity index (χ4n) is 1.73. The zero-order valence-electron chi connectivity index (χ0n) is 11.9. The number of benzene rings is 1. The van der Waals surface area contributed by atoms with Crippen molar-refractivity contribution in [2.24, 2.45) is 0 Å². The number of alkyl halides is 3. The van der Waals surface area contributed by atoms with E-state index >= 15 is 0 Å². The Morgan fingerprint density at radius 3 is 2.52 bits per heavy atom. The number of hydrogen-bond acceptors (Lipinski definition) is 2. The van der Waals surface area contributed by atoms with Gasteiger partial charge in [-0.25, -0.2) is 4.39 Å². The normalized spacial score (nSPS) is 11.8. The molecule has 0 spiro atoms. The molecular weight excluding hydrogens is 288 g/mol. The van der Waals surface area contributed by atoms with Crippen molar-refractivity contribution in [3.63, 3.8) is 0 Å². The molecule has 0 bridgehead atoms. The molecule has 0 unspecified atom stereocenters. The van der Waals surface area contributed by atoms with Crippen molar-refractivity contribution in [1.82, 2.24) is 10.6 Å². The van der Waals surface area contributed by atoms with E-state index in [9.17, 15) is 22.4 Å². The summed E-state index contributed by atoms with van der Waals surface area (Å²) >= 11 is 0. The van der Waals surface area contributed by atoms with Gasteiger partial charge in [0.25, 0.3) is 0 Å². The summed E-state index contributed by atoms with van der Waals surface area (Å²) in [6.45, 7) is 4.14. The molecular formula is C14H18F4N2O. The summed E-state index contributed by atoms with van der Waals surface area (Å²) in [5, 5.41) is 5.55. The van der Waals surface area contributed by atoms with Crippen LogP contribution in [0.1, 0.15) is 31.4 Å². The summed E-state index contributed by atoms with van der Waals surface area (Å²) < 4.78 is 50.7. The lowest BCUT2D eigenvalue weighted by Gasteiger charge is -2.11. The lowest BCUT2D eigenvalue weighted by molar-refractivity contribution is -0.140. The first-order valence-electron chi connectivity index (χ1n) is 6.56. The highest BCUT2D eigenvalue weighted by Gasteiger charge is 2.34. The molecule has 0 atom stereocenters. The molecule has 1 aromatic carbocycles. The second-order valence-electron chi connectivity index (χ2n) is 4.96. The maximum atomic E-state index is 13.1. The molecule has 0 fully saturated rings. The standard InChI is InChI=1S/C14H18F4N2O/c1-9(2)20-13(21)5-6-19-8-10-3-4-12(15)11(7-10)14(16,17)18/h3-4,7,9,19H,5-6,8H2,1-2H3,(H,20,21). The molecule has 0 aliphatic rings. The first-order chi connectivity index (χ1) is 9.70. The Hall–Kier alpha value is -1.63. The second-order valence-corrected chi connectivity index (χ2v) is 4.96. The van der Waals surface area contributed by atoms with Crippen LogP contribution in [0.3, 0.4) is 0 Å². The Morgan fingerprint density at radius 1 is 1.29 bits per heavy atom. The number of hydrogen-bond donors (Lipinski definition) is 2. The van der Waals surface area contributed by atoms with Gasteiger partial charge in [-0.15, -0.1) is 0 Å². The molecule has 21 heavy (non-hydrogen) atoms. The summed E-state index contributed by atoms with van der Waals surface area (Å²) in [6.07, 6.45) is -4.48. The maximum absolute atomic E-state index is 13.1. The zero-order chi connectivity index (χ0) is 16.0. The van der Waals surface area contributed by atoms with Crippen LogP contribution in [0, 0.1) is 5.82 Å². The maximum Gasteiger partial charge on any atom is 0.419 e. The highest BCUT2D eigenvalue weighted by atomic mass is 19.4. The summed E-state index contributed by atoms with van der Waals surface area (Å²) in [5.74, 6) is -1.42. The van der Waals surface area contributed by atoms with Crippen molar-refractivity contribution in [2.45, 2.75) is 39.0 Å². The molecule has 1 amide bonds. The van der Waals surface area contributed by atoms with E-state index in [1.165, 1.54) is 6.07 Å². The molecule has 1 aromatic rings. The van der Waals surface area contributed by atoms with Crippen LogP contribution in [0.5, 0.6) is 0 Å². The molecule has 0 radical (unpaired) electrons. The average molecular weight is 306 g/mol. The Balaban J connectivity index is 2.48. The van der Waals surface area contributed by atoms with Crippen molar-refractivity contribution in [3.05, 3.63) is 35.1 Å². The van der Waals surface area contributed by atoms with E-state index in [-0.39, 0.29) is 24.9 Å². The predicted octanol–water partition coefficient (Wildman–Crippen LogP) is 2.85. The topological polar surface area (TPSA) is 41.1 Å². The molecule has 0 heterocycles. The second kappa shape index (κ2) is 7.40. The first-order valence-corrected chi connectivity index (χ1v) is 6.56. The van der Waals surface area contributed by atoms with E-state index < -0.39 is 17.6 Å². The quantitative estimate of drug-likeness (QED) is 0.627. The highest BCUT2D eigenvalue weighted by molar-refractivity contribution is 5.76. The molecule has 3 nitrogen and oxygen atoms in total. The summed E-state index contributed by atoms with van der Waals surface area (Å²) in [7, 11) is 0. The van der Waals surface area contributed by atoms with Crippen molar-refractivity contribution in [1.29, 1.82) is 0 Å². The molecule has 1 rings (SSSR count). The van der Waals surface area contributed by atoms with Crippen LogP contribution in [0.25, 0.3) is 0 Å². The molecule has 7 heteroatoms. The monoisotopic (exact) mass is 306 g/mol. The van der Waals surface area contributed by atoms with E-state index in [4.69, 9.17) is 0 Å². The minimum atomic E-state index is -4.71. The van der Waals surface area contributed by atoms with E-state index in [1.807, 2.05) is 13.8 Å². The lowest BCUT2D eigenvalue weighted by Crippen LogP contribution is -2.32. The van der Waals surface area contributed by atoms with Crippen molar-refractivity contribution < 1.29 is 22.4 Å². The smallest absolute Gasteiger partial charge is 0.354 e. The Labute approximate surface area is 120 Å². The van der Waals surface area contributed by atoms with Crippen molar-refractivity contribution in [3.8, 4) is 0 Å². The lowest BCUT2D eigenvalue weighted by atomic mass is 10.1. The van der Waals surface area contributed by atoms with Gasteiger partial charge in [0.05, 0.1) is 5.56 Å². The van der Waals surface area contributed by atoms with Crippen LogP contribution in [0.15, 0.2) is 18.2 Å². The van der Waals surface area contributed by atoms with E-state index in [2.05, 4.69) is 10.6 Å². The molecule has 118 valence electrons. The van der Waals surface area contributed by atoms with Gasteiger partial charge in [0.2, 0.25) is 5.91 Å². The molecule has 0 saturated carbocycles. The van der Waals surface area contributed by atoms with Gasteiger partial charge in [-0.3, -0.25) is 4.79 Å². The fourth-order valence-corrected chi connectivity index (χ4v) is 1.73. The SMILES string of the molecule is CC(C)NC(=O)CCNCc1ccc(F)c(C(F)(F)F)c1. The third-order valence-electron chi connectivity index (χ3n) is 2.64. The molecule has 0 aliphatic heterocycles. The minimum absolute atomic E-state index is 0.0453. The molecule has 0 saturated heterocycles.